The van der Waals surface area contributed by atoms with Gasteiger partial charge in [-0.1, -0.05) is 30.4 Å². The molecule has 1 fully saturated rings. The summed E-state index contributed by atoms with van der Waals surface area (Å²) in [4.78, 5) is 4.44. The Morgan fingerprint density at radius 2 is 1.72 bits per heavy atom. The highest BCUT2D eigenvalue weighted by molar-refractivity contribution is 7.89. The Hall–Kier alpha value is -3.37. The third kappa shape index (κ3) is 4.83. The quantitative estimate of drug-likeness (QED) is 0.449. The molecular weight excluding hydrogens is 474 g/mol. The fourth-order valence-electron chi connectivity index (χ4n) is 4.76. The molecule has 0 atom stereocenters. The van der Waals surface area contributed by atoms with Crippen molar-refractivity contribution in [1.29, 1.82) is 0 Å². The van der Waals surface area contributed by atoms with Crippen molar-refractivity contribution < 1.29 is 8.42 Å². The summed E-state index contributed by atoms with van der Waals surface area (Å²) in [6.07, 6.45) is 8.39. The Bertz CT molecular complexity index is 1410. The third-order valence-electron chi connectivity index (χ3n) is 6.72. The molecule has 2 aromatic heterocycles. The second-order valence-electron chi connectivity index (χ2n) is 9.39. The maximum atomic E-state index is 13.3. The molecule has 4 rings (SSSR count). The van der Waals surface area contributed by atoms with Crippen LogP contribution in [0, 0.1) is 13.8 Å². The van der Waals surface area contributed by atoms with Crippen LogP contribution in [0.15, 0.2) is 54.2 Å². The molecule has 1 aliphatic rings. The van der Waals surface area contributed by atoms with E-state index in [9.17, 15) is 8.42 Å². The van der Waals surface area contributed by atoms with E-state index in [2.05, 4.69) is 31.9 Å². The van der Waals surface area contributed by atoms with E-state index in [0.29, 0.717) is 42.3 Å². The van der Waals surface area contributed by atoms with Crippen molar-refractivity contribution in [3.63, 3.8) is 0 Å². The SMILES string of the molecule is C=C/C=C(/c1nnc(N(C)C2CCN(S(=O)(=O)c3ccc(C)cc3C)CC2)c2cnncc12)N(C)C. The molecule has 0 saturated carbocycles. The molecule has 0 unspecified atom stereocenters. The fraction of sp³-hybridized carbons (Fsp3) is 0.385. The average Bonchev–Trinajstić information content (AvgIpc) is 2.86. The topological polar surface area (TPSA) is 95.4 Å². The molecule has 0 radical (unpaired) electrons. The second-order valence-corrected chi connectivity index (χ2v) is 11.3. The van der Waals surface area contributed by atoms with E-state index < -0.39 is 10.0 Å². The molecule has 9 nitrogen and oxygen atoms in total. The number of allylic oxidation sites excluding steroid dienone is 2. The van der Waals surface area contributed by atoms with Crippen molar-refractivity contribution in [2.75, 3.05) is 39.1 Å². The Labute approximate surface area is 213 Å². The van der Waals surface area contributed by atoms with E-state index in [1.165, 1.54) is 0 Å². The van der Waals surface area contributed by atoms with Crippen molar-refractivity contribution in [1.82, 2.24) is 29.6 Å². The second kappa shape index (κ2) is 10.3. The number of sulfonamides is 1. The first kappa shape index (κ1) is 25.7. The summed E-state index contributed by atoms with van der Waals surface area (Å²) in [5, 5.41) is 19.0. The van der Waals surface area contributed by atoms with Gasteiger partial charge in [-0.2, -0.15) is 14.5 Å². The number of hydrogen-bond acceptors (Lipinski definition) is 8. The maximum Gasteiger partial charge on any atom is 0.243 e. The Kier molecular flexibility index (Phi) is 7.37. The predicted molar refractivity (Wildman–Crippen MR) is 143 cm³/mol. The molecule has 0 aliphatic carbocycles. The zero-order valence-electron chi connectivity index (χ0n) is 21.5. The summed E-state index contributed by atoms with van der Waals surface area (Å²) in [7, 11) is 2.33. The summed E-state index contributed by atoms with van der Waals surface area (Å²) in [5.41, 5.74) is 3.40. The Balaban J connectivity index is 1.58. The van der Waals surface area contributed by atoms with Gasteiger partial charge in [0.25, 0.3) is 0 Å². The van der Waals surface area contributed by atoms with Crippen LogP contribution in [0.25, 0.3) is 16.5 Å². The molecule has 0 bridgehead atoms. The van der Waals surface area contributed by atoms with Crippen LogP contribution < -0.4 is 4.90 Å². The number of piperidine rings is 1. The maximum absolute atomic E-state index is 13.3. The highest BCUT2D eigenvalue weighted by Gasteiger charge is 2.32. The standard InChI is InChI=1S/C26H33N7O2S/c1-7-8-23(31(4)5)25-21-16-27-28-17-22(21)26(30-29-25)32(6)20-11-13-33(14-12-20)36(34,35)24-10-9-18(2)15-19(24)3/h7-10,15-17,20H,1,11-14H2,2-6H3/b23-8-. The van der Waals surface area contributed by atoms with Crippen molar-refractivity contribution in [2.45, 2.75) is 37.6 Å². The molecule has 1 aliphatic heterocycles. The van der Waals surface area contributed by atoms with E-state index >= 15 is 0 Å². The van der Waals surface area contributed by atoms with Crippen LogP contribution >= 0.6 is 0 Å². The van der Waals surface area contributed by atoms with E-state index in [-0.39, 0.29) is 6.04 Å². The van der Waals surface area contributed by atoms with Crippen molar-refractivity contribution >= 4 is 32.3 Å². The zero-order chi connectivity index (χ0) is 26.0. The molecule has 0 N–H and O–H groups in total. The normalized spacial score (nSPS) is 15.8. The summed E-state index contributed by atoms with van der Waals surface area (Å²) in [6.45, 7) is 8.52. The van der Waals surface area contributed by atoms with Crippen molar-refractivity contribution in [3.05, 3.63) is 66.1 Å². The van der Waals surface area contributed by atoms with Crippen LogP contribution in [-0.4, -0.2) is 78.3 Å². The van der Waals surface area contributed by atoms with Crippen molar-refractivity contribution in [2.24, 2.45) is 0 Å². The number of aromatic nitrogens is 4. The summed E-state index contributed by atoms with van der Waals surface area (Å²) in [5.74, 6) is 0.705. The minimum atomic E-state index is -3.54. The lowest BCUT2D eigenvalue weighted by Gasteiger charge is -2.37. The highest BCUT2D eigenvalue weighted by atomic mass is 32.2. The van der Waals surface area contributed by atoms with Gasteiger partial charge in [0.05, 0.1) is 28.4 Å². The van der Waals surface area contributed by atoms with Gasteiger partial charge in [0.2, 0.25) is 10.0 Å². The molecular formula is C26H33N7O2S. The number of fused-ring (bicyclic) bond motifs is 1. The van der Waals surface area contributed by atoms with Gasteiger partial charge >= 0.3 is 0 Å². The number of aryl methyl sites for hydroxylation is 2. The minimum Gasteiger partial charge on any atom is -0.376 e. The zero-order valence-corrected chi connectivity index (χ0v) is 22.3. The summed E-state index contributed by atoms with van der Waals surface area (Å²) >= 11 is 0. The predicted octanol–water partition coefficient (Wildman–Crippen LogP) is 3.41. The van der Waals surface area contributed by atoms with Crippen LogP contribution in [0.2, 0.25) is 0 Å². The molecule has 0 spiro atoms. The molecule has 1 aromatic carbocycles. The first-order valence-electron chi connectivity index (χ1n) is 11.9. The van der Waals surface area contributed by atoms with Gasteiger partial charge in [-0.3, -0.25) is 0 Å². The Morgan fingerprint density at radius 3 is 2.33 bits per heavy atom. The number of rotatable bonds is 7. The molecule has 10 heteroatoms. The van der Waals surface area contributed by atoms with Crippen LogP contribution in [0.5, 0.6) is 0 Å². The first-order chi connectivity index (χ1) is 17.1. The molecule has 190 valence electrons. The van der Waals surface area contributed by atoms with Gasteiger partial charge in [-0.05, 0) is 44.4 Å². The van der Waals surface area contributed by atoms with Crippen molar-refractivity contribution in [3.8, 4) is 0 Å². The monoisotopic (exact) mass is 507 g/mol. The third-order valence-corrected chi connectivity index (χ3v) is 8.78. The summed E-state index contributed by atoms with van der Waals surface area (Å²) < 4.78 is 28.2. The van der Waals surface area contributed by atoms with E-state index in [1.807, 2.05) is 58.1 Å². The number of benzene rings is 1. The highest BCUT2D eigenvalue weighted by Crippen LogP contribution is 2.32. The molecule has 3 heterocycles. The molecule has 1 saturated heterocycles. The van der Waals surface area contributed by atoms with Gasteiger partial charge in [0.1, 0.15) is 5.69 Å². The molecule has 36 heavy (non-hydrogen) atoms. The largest absolute Gasteiger partial charge is 0.376 e. The lowest BCUT2D eigenvalue weighted by molar-refractivity contribution is 0.314. The van der Waals surface area contributed by atoms with E-state index in [1.54, 1.807) is 28.8 Å². The fourth-order valence-corrected chi connectivity index (χ4v) is 6.44. The van der Waals surface area contributed by atoms with Gasteiger partial charge in [0.15, 0.2) is 5.82 Å². The summed E-state index contributed by atoms with van der Waals surface area (Å²) in [6, 6.07) is 5.59. The average molecular weight is 508 g/mol. The number of hydrogen-bond donors (Lipinski definition) is 0. The van der Waals surface area contributed by atoms with Gasteiger partial charge in [-0.25, -0.2) is 8.42 Å². The van der Waals surface area contributed by atoms with Crippen LogP contribution in [-0.2, 0) is 10.0 Å². The smallest absolute Gasteiger partial charge is 0.243 e. The van der Waals surface area contributed by atoms with E-state index in [0.717, 1.165) is 27.6 Å². The number of anilines is 1. The van der Waals surface area contributed by atoms with Crippen LogP contribution in [0.1, 0.15) is 29.7 Å². The van der Waals surface area contributed by atoms with Gasteiger partial charge < -0.3 is 9.80 Å². The molecule has 3 aromatic rings. The van der Waals surface area contributed by atoms with Gasteiger partial charge in [-0.15, -0.1) is 10.2 Å². The van der Waals surface area contributed by atoms with Crippen LogP contribution in [0.4, 0.5) is 5.82 Å². The Morgan fingerprint density at radius 1 is 1.06 bits per heavy atom. The lowest BCUT2D eigenvalue weighted by Crippen LogP contribution is -2.46. The minimum absolute atomic E-state index is 0.115. The number of nitrogens with zero attached hydrogens (tertiary/aromatic N) is 7. The van der Waals surface area contributed by atoms with Gasteiger partial charge in [0, 0.05) is 45.7 Å². The van der Waals surface area contributed by atoms with E-state index in [4.69, 9.17) is 0 Å². The van der Waals surface area contributed by atoms with Crippen LogP contribution in [0.3, 0.4) is 0 Å². The first-order valence-corrected chi connectivity index (χ1v) is 13.4. The lowest BCUT2D eigenvalue weighted by atomic mass is 10.0. The molecule has 0 amide bonds.